The van der Waals surface area contributed by atoms with Gasteiger partial charge in [-0.15, -0.1) is 16.4 Å². The first kappa shape index (κ1) is 15.6. The third-order valence-corrected chi connectivity index (χ3v) is 5.10. The summed E-state index contributed by atoms with van der Waals surface area (Å²) in [5, 5.41) is 14.5. The number of tetrazole rings is 1. The van der Waals surface area contributed by atoms with E-state index in [1.807, 2.05) is 4.68 Å². The highest BCUT2D eigenvalue weighted by Crippen LogP contribution is 2.33. The zero-order valence-electron chi connectivity index (χ0n) is 13.2. The molecule has 1 aliphatic rings. The molecule has 0 unspecified atom stereocenters. The number of rotatable bonds is 6. The lowest BCUT2D eigenvalue weighted by Crippen LogP contribution is -2.39. The normalized spacial score (nSPS) is 21.1. The van der Waals surface area contributed by atoms with E-state index in [0.717, 1.165) is 24.8 Å². The van der Waals surface area contributed by atoms with E-state index >= 15 is 0 Å². The maximum absolute atomic E-state index is 5.18. The van der Waals surface area contributed by atoms with Gasteiger partial charge in [-0.05, 0) is 47.2 Å². The van der Waals surface area contributed by atoms with Crippen LogP contribution in [0.5, 0.6) is 0 Å². The summed E-state index contributed by atoms with van der Waals surface area (Å²) in [7, 11) is 1.70. The number of hydrogen-bond donors (Lipinski definition) is 0. The summed E-state index contributed by atoms with van der Waals surface area (Å²) < 4.78 is 7.06. The molecule has 3 rings (SSSR count). The fourth-order valence-corrected chi connectivity index (χ4v) is 3.98. The van der Waals surface area contributed by atoms with E-state index < -0.39 is 0 Å². The van der Waals surface area contributed by atoms with Crippen LogP contribution in [0, 0.1) is 5.92 Å². The van der Waals surface area contributed by atoms with E-state index in [0.29, 0.717) is 13.2 Å². The second kappa shape index (κ2) is 7.30. The molecule has 7 heteroatoms. The van der Waals surface area contributed by atoms with E-state index in [1.54, 1.807) is 18.4 Å². The number of nitrogens with zero attached hydrogens (tertiary/aromatic N) is 5. The Labute approximate surface area is 135 Å². The Morgan fingerprint density at radius 2 is 2.41 bits per heavy atom. The molecular weight excluding hydrogens is 298 g/mol. The molecule has 1 fully saturated rings. The molecule has 2 atom stereocenters. The van der Waals surface area contributed by atoms with Gasteiger partial charge in [0.1, 0.15) is 6.04 Å². The molecule has 0 amide bonds. The van der Waals surface area contributed by atoms with Gasteiger partial charge < -0.3 is 4.74 Å². The van der Waals surface area contributed by atoms with Crippen molar-refractivity contribution >= 4 is 11.3 Å². The Morgan fingerprint density at radius 3 is 3.14 bits per heavy atom. The van der Waals surface area contributed by atoms with Gasteiger partial charge in [0, 0.05) is 18.5 Å². The van der Waals surface area contributed by atoms with Gasteiger partial charge in [0.25, 0.3) is 0 Å². The first-order valence-electron chi connectivity index (χ1n) is 7.82. The van der Waals surface area contributed by atoms with Crippen molar-refractivity contribution in [3.8, 4) is 0 Å². The average Bonchev–Trinajstić information content (AvgIpc) is 3.18. The van der Waals surface area contributed by atoms with Gasteiger partial charge in [0.05, 0.1) is 13.2 Å². The van der Waals surface area contributed by atoms with E-state index in [2.05, 4.69) is 44.9 Å². The summed E-state index contributed by atoms with van der Waals surface area (Å²) in [6, 6.07) is 4.43. The number of ether oxygens (including phenoxy) is 1. The summed E-state index contributed by atoms with van der Waals surface area (Å²) in [6.45, 7) is 5.82. The molecular formula is C15H23N5OS. The molecule has 0 saturated carbocycles. The number of piperidine rings is 1. The van der Waals surface area contributed by atoms with Gasteiger partial charge in [0.2, 0.25) is 0 Å². The summed E-state index contributed by atoms with van der Waals surface area (Å²) in [4.78, 5) is 3.83. The van der Waals surface area contributed by atoms with Gasteiger partial charge >= 0.3 is 0 Å². The molecule has 0 aromatic carbocycles. The van der Waals surface area contributed by atoms with Crippen molar-refractivity contribution < 1.29 is 4.74 Å². The Hall–Kier alpha value is -1.31. The van der Waals surface area contributed by atoms with Crippen molar-refractivity contribution in [3.05, 3.63) is 28.2 Å². The molecule has 0 radical (unpaired) electrons. The van der Waals surface area contributed by atoms with Gasteiger partial charge in [-0.3, -0.25) is 4.90 Å². The average molecular weight is 321 g/mol. The fraction of sp³-hybridized carbons (Fsp3) is 0.667. The van der Waals surface area contributed by atoms with Crippen LogP contribution >= 0.6 is 11.3 Å². The number of aromatic nitrogens is 4. The Morgan fingerprint density at radius 1 is 1.50 bits per heavy atom. The van der Waals surface area contributed by atoms with Crippen molar-refractivity contribution in [2.24, 2.45) is 5.92 Å². The summed E-state index contributed by atoms with van der Waals surface area (Å²) in [6.07, 6.45) is 2.55. The monoisotopic (exact) mass is 321 g/mol. The molecule has 6 nitrogen and oxygen atoms in total. The molecule has 2 aromatic heterocycles. The maximum atomic E-state index is 5.18. The zero-order valence-corrected chi connectivity index (χ0v) is 14.0. The highest BCUT2D eigenvalue weighted by atomic mass is 32.1. The van der Waals surface area contributed by atoms with Crippen molar-refractivity contribution in [1.29, 1.82) is 0 Å². The molecule has 3 heterocycles. The number of hydrogen-bond acceptors (Lipinski definition) is 6. The first-order valence-corrected chi connectivity index (χ1v) is 8.70. The molecule has 120 valence electrons. The van der Waals surface area contributed by atoms with Crippen LogP contribution in [0.25, 0.3) is 0 Å². The smallest absolute Gasteiger partial charge is 0.173 e. The molecule has 0 bridgehead atoms. The van der Waals surface area contributed by atoms with Crippen LogP contribution < -0.4 is 0 Å². The minimum absolute atomic E-state index is 0.148. The Kier molecular flexibility index (Phi) is 5.17. The Bertz CT molecular complexity index is 570. The predicted molar refractivity (Wildman–Crippen MR) is 85.8 cm³/mol. The Balaban J connectivity index is 1.90. The van der Waals surface area contributed by atoms with Crippen LogP contribution in [0.15, 0.2) is 17.5 Å². The molecule has 0 aliphatic carbocycles. The number of methoxy groups -OCH3 is 1. The molecule has 1 saturated heterocycles. The van der Waals surface area contributed by atoms with Gasteiger partial charge in [0.15, 0.2) is 5.82 Å². The summed E-state index contributed by atoms with van der Waals surface area (Å²) >= 11 is 1.77. The van der Waals surface area contributed by atoms with E-state index in [9.17, 15) is 0 Å². The third kappa shape index (κ3) is 3.37. The largest absolute Gasteiger partial charge is 0.383 e. The quantitative estimate of drug-likeness (QED) is 0.816. The van der Waals surface area contributed by atoms with Gasteiger partial charge in [-0.2, -0.15) is 0 Å². The predicted octanol–water partition coefficient (Wildman–Crippen LogP) is 2.20. The molecule has 0 spiro atoms. The van der Waals surface area contributed by atoms with Crippen molar-refractivity contribution in [2.45, 2.75) is 32.4 Å². The third-order valence-electron chi connectivity index (χ3n) is 4.18. The minimum atomic E-state index is 0.148. The molecule has 1 aliphatic heterocycles. The van der Waals surface area contributed by atoms with Crippen LogP contribution in [0.3, 0.4) is 0 Å². The SMILES string of the molecule is COCCn1nnnc1[C@H](c1cccs1)N1CCC[C@H](C)C1. The highest BCUT2D eigenvalue weighted by molar-refractivity contribution is 7.10. The van der Waals surface area contributed by atoms with E-state index in [1.165, 1.54) is 17.7 Å². The topological polar surface area (TPSA) is 56.1 Å². The minimum Gasteiger partial charge on any atom is -0.383 e. The van der Waals surface area contributed by atoms with Crippen molar-refractivity contribution in [3.63, 3.8) is 0 Å². The molecule has 0 N–H and O–H groups in total. The van der Waals surface area contributed by atoms with Crippen LogP contribution in [0.4, 0.5) is 0 Å². The van der Waals surface area contributed by atoms with Crippen LogP contribution in [-0.4, -0.2) is 51.9 Å². The second-order valence-electron chi connectivity index (χ2n) is 5.91. The lowest BCUT2D eigenvalue weighted by Gasteiger charge is -2.36. The number of thiophene rings is 1. The van der Waals surface area contributed by atoms with E-state index in [4.69, 9.17) is 4.74 Å². The lowest BCUT2D eigenvalue weighted by molar-refractivity contribution is 0.139. The standard InChI is InChI=1S/C15H23N5OS/c1-12-5-3-7-19(11-12)14(13-6-4-10-22-13)15-16-17-18-20(15)8-9-21-2/h4,6,10,12,14H,3,5,7-9,11H2,1-2H3/t12-,14-/m0/s1. The van der Waals surface area contributed by atoms with Gasteiger partial charge in [-0.25, -0.2) is 4.68 Å². The lowest BCUT2D eigenvalue weighted by atomic mass is 9.98. The van der Waals surface area contributed by atoms with Crippen LogP contribution in [-0.2, 0) is 11.3 Å². The summed E-state index contributed by atoms with van der Waals surface area (Å²) in [5.41, 5.74) is 0. The fourth-order valence-electron chi connectivity index (χ4n) is 3.12. The highest BCUT2D eigenvalue weighted by Gasteiger charge is 2.31. The molecule has 22 heavy (non-hydrogen) atoms. The second-order valence-corrected chi connectivity index (χ2v) is 6.89. The summed E-state index contributed by atoms with van der Waals surface area (Å²) in [5.74, 6) is 1.65. The van der Waals surface area contributed by atoms with Crippen LogP contribution in [0.1, 0.15) is 36.5 Å². The maximum Gasteiger partial charge on any atom is 0.173 e. The number of likely N-dealkylation sites (tertiary alicyclic amines) is 1. The van der Waals surface area contributed by atoms with E-state index in [-0.39, 0.29) is 6.04 Å². The zero-order chi connectivity index (χ0) is 15.4. The van der Waals surface area contributed by atoms with Crippen LogP contribution in [0.2, 0.25) is 0 Å². The van der Waals surface area contributed by atoms with Gasteiger partial charge in [-0.1, -0.05) is 13.0 Å². The first-order chi connectivity index (χ1) is 10.8. The van der Waals surface area contributed by atoms with Crippen molar-refractivity contribution in [2.75, 3.05) is 26.8 Å². The molecule has 2 aromatic rings. The van der Waals surface area contributed by atoms with Crippen molar-refractivity contribution in [1.82, 2.24) is 25.1 Å².